The molecule has 0 spiro atoms. The molecule has 1 aliphatic heterocycles. The molecule has 5 rings (SSSR count). The molecule has 0 bridgehead atoms. The van der Waals surface area contributed by atoms with Crippen molar-refractivity contribution in [3.63, 3.8) is 0 Å². The van der Waals surface area contributed by atoms with Gasteiger partial charge in [0.1, 0.15) is 12.3 Å². The van der Waals surface area contributed by atoms with Crippen molar-refractivity contribution in [2.75, 3.05) is 0 Å². The second kappa shape index (κ2) is 6.57. The fourth-order valence-corrected chi connectivity index (χ4v) is 4.03. The quantitative estimate of drug-likeness (QED) is 0.441. The van der Waals surface area contributed by atoms with E-state index < -0.39 is 0 Å². The minimum atomic E-state index is -0.314. The topological polar surface area (TPSA) is 61.2 Å². The van der Waals surface area contributed by atoms with Crippen molar-refractivity contribution in [3.8, 4) is 11.3 Å². The number of cyclic esters (lactones) is 1. The highest BCUT2D eigenvalue weighted by atomic mass is 35.5. The van der Waals surface area contributed by atoms with Crippen LogP contribution >= 0.6 is 11.6 Å². The van der Waals surface area contributed by atoms with Gasteiger partial charge in [-0.05, 0) is 36.8 Å². The zero-order valence-corrected chi connectivity index (χ0v) is 16.2. The molecule has 4 aromatic rings. The fraction of sp³-hybridized carbons (Fsp3) is 0.0870. The van der Waals surface area contributed by atoms with Crippen LogP contribution in [0.15, 0.2) is 60.7 Å². The number of carbonyl (C=O) groups is 2. The Balaban J connectivity index is 1.70. The minimum Gasteiger partial charge on any atom is -0.457 e. The maximum atomic E-state index is 13.3. The molecule has 6 heteroatoms. The van der Waals surface area contributed by atoms with Crippen molar-refractivity contribution >= 4 is 34.4 Å². The van der Waals surface area contributed by atoms with Crippen LogP contribution in [0.2, 0.25) is 5.02 Å². The molecular formula is C23H15ClN2O3. The summed E-state index contributed by atoms with van der Waals surface area (Å²) in [6.45, 7) is 2.10. The van der Waals surface area contributed by atoms with Crippen LogP contribution in [0, 0.1) is 6.92 Å². The maximum Gasteiger partial charge on any atom is 0.338 e. The number of esters is 1. The third-order valence-electron chi connectivity index (χ3n) is 5.17. The van der Waals surface area contributed by atoms with Crippen LogP contribution < -0.4 is 0 Å². The van der Waals surface area contributed by atoms with Gasteiger partial charge in [0, 0.05) is 16.5 Å². The lowest BCUT2D eigenvalue weighted by Crippen LogP contribution is -2.15. The van der Waals surface area contributed by atoms with Gasteiger partial charge in [-0.25, -0.2) is 4.79 Å². The molecule has 142 valence electrons. The number of aromatic nitrogens is 2. The summed E-state index contributed by atoms with van der Waals surface area (Å²) in [5.41, 5.74) is 4.79. The number of nitrogens with zero attached hydrogens (tertiary/aromatic N) is 2. The molecule has 0 amide bonds. The van der Waals surface area contributed by atoms with Crippen LogP contribution in [0.25, 0.3) is 22.2 Å². The summed E-state index contributed by atoms with van der Waals surface area (Å²) in [6.07, 6.45) is 0. The molecule has 0 saturated carbocycles. The van der Waals surface area contributed by atoms with Crippen LogP contribution in [0.1, 0.15) is 31.8 Å². The Morgan fingerprint density at radius 1 is 1.10 bits per heavy atom. The summed E-state index contributed by atoms with van der Waals surface area (Å²) in [5, 5.41) is 5.88. The van der Waals surface area contributed by atoms with Gasteiger partial charge in [-0.15, -0.1) is 0 Å². The smallest absolute Gasteiger partial charge is 0.338 e. The van der Waals surface area contributed by atoms with Gasteiger partial charge in [0.15, 0.2) is 0 Å². The number of benzene rings is 3. The van der Waals surface area contributed by atoms with Crippen molar-refractivity contribution < 1.29 is 14.3 Å². The van der Waals surface area contributed by atoms with E-state index in [1.54, 1.807) is 12.1 Å². The Morgan fingerprint density at radius 3 is 2.76 bits per heavy atom. The van der Waals surface area contributed by atoms with Crippen LogP contribution in [-0.2, 0) is 11.3 Å². The fourth-order valence-electron chi connectivity index (χ4n) is 3.72. The van der Waals surface area contributed by atoms with E-state index in [-0.39, 0.29) is 18.5 Å². The first-order valence-electron chi connectivity index (χ1n) is 9.12. The number of halogens is 1. The predicted octanol–water partition coefficient (Wildman–Crippen LogP) is 5.02. The molecule has 0 saturated heterocycles. The summed E-state index contributed by atoms with van der Waals surface area (Å²) in [5.74, 6) is -0.596. The Morgan fingerprint density at radius 2 is 1.93 bits per heavy atom. The first-order chi connectivity index (χ1) is 14.0. The Labute approximate surface area is 171 Å². The summed E-state index contributed by atoms with van der Waals surface area (Å²) in [7, 11) is 0. The molecular weight excluding hydrogens is 388 g/mol. The van der Waals surface area contributed by atoms with Crippen LogP contribution in [0.3, 0.4) is 0 Å². The standard InChI is InChI=1S/C23H15ClN2O3/c1-13-5-4-7-18(24)20(13)22(27)26-19-8-3-2-6-17(19)21(25-26)14-9-10-16-15(11-14)12-29-23(16)28/h2-11H,12H2,1H3. The van der Waals surface area contributed by atoms with E-state index in [9.17, 15) is 9.59 Å². The zero-order valence-electron chi connectivity index (χ0n) is 15.5. The largest absolute Gasteiger partial charge is 0.457 e. The van der Waals surface area contributed by atoms with Gasteiger partial charge >= 0.3 is 5.97 Å². The SMILES string of the molecule is Cc1cccc(Cl)c1C(=O)n1nc(-c2ccc3c(c2)COC3=O)c2ccccc21. The van der Waals surface area contributed by atoms with E-state index >= 15 is 0 Å². The second-order valence-electron chi connectivity index (χ2n) is 6.96. The van der Waals surface area contributed by atoms with Crippen molar-refractivity contribution in [3.05, 3.63) is 87.9 Å². The number of hydrogen-bond donors (Lipinski definition) is 0. The Hall–Kier alpha value is -3.44. The van der Waals surface area contributed by atoms with Crippen molar-refractivity contribution in [1.82, 2.24) is 9.78 Å². The van der Waals surface area contributed by atoms with Crippen molar-refractivity contribution in [2.24, 2.45) is 0 Å². The molecule has 0 atom stereocenters. The summed E-state index contributed by atoms with van der Waals surface area (Å²) in [4.78, 5) is 25.1. The average molecular weight is 403 g/mol. The van der Waals surface area contributed by atoms with E-state index in [4.69, 9.17) is 16.3 Å². The van der Waals surface area contributed by atoms with Gasteiger partial charge in [-0.1, -0.05) is 48.0 Å². The second-order valence-corrected chi connectivity index (χ2v) is 7.37. The zero-order chi connectivity index (χ0) is 20.1. The van der Waals surface area contributed by atoms with E-state index in [0.29, 0.717) is 27.4 Å². The third-order valence-corrected chi connectivity index (χ3v) is 5.49. The first kappa shape index (κ1) is 17.6. The number of para-hydroxylation sites is 1. The number of carbonyl (C=O) groups excluding carboxylic acids is 2. The molecule has 3 aromatic carbocycles. The van der Waals surface area contributed by atoms with E-state index in [1.807, 2.05) is 55.5 Å². The molecule has 29 heavy (non-hydrogen) atoms. The molecule has 0 unspecified atom stereocenters. The summed E-state index contributed by atoms with van der Waals surface area (Å²) < 4.78 is 6.49. The number of aryl methyl sites for hydroxylation is 1. The highest BCUT2D eigenvalue weighted by molar-refractivity contribution is 6.34. The molecule has 0 radical (unpaired) electrons. The van der Waals surface area contributed by atoms with E-state index in [1.165, 1.54) is 4.68 Å². The predicted molar refractivity (Wildman–Crippen MR) is 110 cm³/mol. The molecule has 1 aliphatic rings. The monoisotopic (exact) mass is 402 g/mol. The van der Waals surface area contributed by atoms with Gasteiger partial charge in [0.05, 0.1) is 21.7 Å². The van der Waals surface area contributed by atoms with Gasteiger partial charge < -0.3 is 4.74 Å². The van der Waals surface area contributed by atoms with Crippen LogP contribution in [0.5, 0.6) is 0 Å². The Kier molecular flexibility index (Phi) is 4.00. The lowest BCUT2D eigenvalue weighted by molar-refractivity contribution is 0.0535. The van der Waals surface area contributed by atoms with Crippen LogP contribution in [-0.4, -0.2) is 21.7 Å². The minimum absolute atomic E-state index is 0.248. The number of rotatable bonds is 2. The number of hydrogen-bond acceptors (Lipinski definition) is 4. The van der Waals surface area contributed by atoms with E-state index in [0.717, 1.165) is 22.1 Å². The molecule has 1 aromatic heterocycles. The van der Waals surface area contributed by atoms with Crippen LogP contribution in [0.4, 0.5) is 0 Å². The molecule has 0 aliphatic carbocycles. The van der Waals surface area contributed by atoms with E-state index in [2.05, 4.69) is 5.10 Å². The first-order valence-corrected chi connectivity index (χ1v) is 9.50. The summed E-state index contributed by atoms with van der Waals surface area (Å²) >= 11 is 6.32. The third kappa shape index (κ3) is 2.74. The molecule has 0 fully saturated rings. The molecule has 2 heterocycles. The maximum absolute atomic E-state index is 13.3. The highest BCUT2D eigenvalue weighted by Gasteiger charge is 2.24. The lowest BCUT2D eigenvalue weighted by atomic mass is 10.0. The number of ether oxygens (including phenoxy) is 1. The van der Waals surface area contributed by atoms with Gasteiger partial charge in [-0.2, -0.15) is 9.78 Å². The molecule has 0 N–H and O–H groups in total. The number of fused-ring (bicyclic) bond motifs is 2. The van der Waals surface area contributed by atoms with Gasteiger partial charge in [0.2, 0.25) is 0 Å². The Bertz CT molecular complexity index is 1300. The van der Waals surface area contributed by atoms with Gasteiger partial charge in [-0.3, -0.25) is 4.79 Å². The average Bonchev–Trinajstić information content (AvgIpc) is 3.28. The van der Waals surface area contributed by atoms with Crippen molar-refractivity contribution in [1.29, 1.82) is 0 Å². The van der Waals surface area contributed by atoms with Crippen molar-refractivity contribution in [2.45, 2.75) is 13.5 Å². The lowest BCUT2D eigenvalue weighted by Gasteiger charge is -2.07. The van der Waals surface area contributed by atoms with Gasteiger partial charge in [0.25, 0.3) is 5.91 Å². The highest BCUT2D eigenvalue weighted by Crippen LogP contribution is 2.32. The normalized spacial score (nSPS) is 12.8. The summed E-state index contributed by atoms with van der Waals surface area (Å²) in [6, 6.07) is 18.4. The molecule has 5 nitrogen and oxygen atoms in total.